The molecule has 7 heteroatoms. The number of carbonyl (C=O) groups is 1. The molecule has 0 saturated carbocycles. The van der Waals surface area contributed by atoms with Gasteiger partial charge in [-0.05, 0) is 39.0 Å². The van der Waals surface area contributed by atoms with E-state index in [-0.39, 0.29) is 19.1 Å². The molecule has 0 aromatic carbocycles. The highest BCUT2D eigenvalue weighted by Gasteiger charge is 2.26. The number of anilines is 2. The van der Waals surface area contributed by atoms with Crippen LogP contribution in [0.2, 0.25) is 0 Å². The van der Waals surface area contributed by atoms with Crippen molar-refractivity contribution in [3.05, 3.63) is 11.9 Å². The van der Waals surface area contributed by atoms with Crippen LogP contribution in [0.1, 0.15) is 53.2 Å². The fourth-order valence-corrected chi connectivity index (χ4v) is 2.72. The fraction of sp³-hybridized carbons (Fsp3) is 0.722. The molecule has 25 heavy (non-hydrogen) atoms. The Morgan fingerprint density at radius 3 is 2.56 bits per heavy atom. The first-order chi connectivity index (χ1) is 11.6. The Balaban J connectivity index is 2.05. The van der Waals surface area contributed by atoms with Crippen LogP contribution in [0.15, 0.2) is 6.20 Å². The number of piperidine rings is 1. The van der Waals surface area contributed by atoms with Crippen molar-refractivity contribution in [1.29, 1.82) is 0 Å². The Morgan fingerprint density at radius 2 is 2.00 bits per heavy atom. The number of nitrogens with two attached hydrogens (primary N) is 1. The van der Waals surface area contributed by atoms with Crippen LogP contribution in [0.3, 0.4) is 0 Å². The molecule has 3 N–H and O–H groups in total. The number of nitrogens with one attached hydrogen (secondary N) is 1. The predicted molar refractivity (Wildman–Crippen MR) is 99.5 cm³/mol. The quantitative estimate of drug-likeness (QED) is 0.788. The lowest BCUT2D eigenvalue weighted by atomic mass is 9.83. The third kappa shape index (κ3) is 5.85. The first-order valence-corrected chi connectivity index (χ1v) is 8.86. The summed E-state index contributed by atoms with van der Waals surface area (Å²) in [7, 11) is 0. The summed E-state index contributed by atoms with van der Waals surface area (Å²) in [5, 5.41) is 3.03. The number of ether oxygens (including phenoxy) is 1. The van der Waals surface area contributed by atoms with Crippen LogP contribution in [0.25, 0.3) is 0 Å². The first kappa shape index (κ1) is 19.4. The van der Waals surface area contributed by atoms with E-state index in [1.165, 1.54) is 0 Å². The molecule has 140 valence electrons. The Hall–Kier alpha value is -1.89. The van der Waals surface area contributed by atoms with Gasteiger partial charge >= 0.3 is 5.97 Å². The third-order valence-electron chi connectivity index (χ3n) is 4.29. The lowest BCUT2D eigenvalue weighted by Crippen LogP contribution is -2.38. The minimum Gasteiger partial charge on any atom is -0.459 e. The third-order valence-corrected chi connectivity index (χ3v) is 4.29. The van der Waals surface area contributed by atoms with Crippen molar-refractivity contribution in [3.63, 3.8) is 0 Å². The number of rotatable bonds is 5. The molecule has 1 aliphatic rings. The zero-order valence-electron chi connectivity index (χ0n) is 16.1. The molecule has 0 radical (unpaired) electrons. The van der Waals surface area contributed by atoms with E-state index >= 15 is 0 Å². The molecule has 7 nitrogen and oxygen atoms in total. The lowest BCUT2D eigenvalue weighted by molar-refractivity contribution is -0.152. The Kier molecular flexibility index (Phi) is 5.87. The van der Waals surface area contributed by atoms with E-state index in [9.17, 15) is 4.79 Å². The molecular formula is C18H31N5O2. The lowest BCUT2D eigenvalue weighted by Gasteiger charge is -2.37. The zero-order valence-corrected chi connectivity index (χ0v) is 16.1. The van der Waals surface area contributed by atoms with Gasteiger partial charge in [0.25, 0.3) is 0 Å². The number of hydrogen-bond donors (Lipinski definition) is 2. The number of esters is 1. The van der Waals surface area contributed by atoms with E-state index in [4.69, 9.17) is 10.5 Å². The second-order valence-corrected chi connectivity index (χ2v) is 8.32. The van der Waals surface area contributed by atoms with Crippen molar-refractivity contribution >= 4 is 17.6 Å². The molecule has 1 aliphatic heterocycles. The summed E-state index contributed by atoms with van der Waals surface area (Å²) in [6.07, 6.45) is 4.00. The molecule has 1 saturated heterocycles. The number of nitrogens with zero attached hydrogens (tertiary/aromatic N) is 3. The summed E-state index contributed by atoms with van der Waals surface area (Å²) in [6.45, 7) is 12.3. The summed E-state index contributed by atoms with van der Waals surface area (Å²) in [6, 6.07) is 0. The molecule has 0 aliphatic carbocycles. The van der Waals surface area contributed by atoms with Crippen LogP contribution in [-0.2, 0) is 16.1 Å². The second kappa shape index (κ2) is 7.56. The number of carbonyl (C=O) groups excluding carboxylic acids is 1. The Morgan fingerprint density at radius 1 is 1.36 bits per heavy atom. The molecule has 1 aromatic rings. The van der Waals surface area contributed by atoms with Crippen LogP contribution in [0, 0.1) is 5.41 Å². The van der Waals surface area contributed by atoms with Crippen LogP contribution in [0.4, 0.5) is 11.6 Å². The summed E-state index contributed by atoms with van der Waals surface area (Å²) in [4.78, 5) is 23.2. The monoisotopic (exact) mass is 349 g/mol. The average Bonchev–Trinajstić information content (AvgIpc) is 2.51. The van der Waals surface area contributed by atoms with Crippen molar-refractivity contribution in [2.45, 2.75) is 59.6 Å². The molecule has 2 rings (SSSR count). The molecule has 0 bridgehead atoms. The van der Waals surface area contributed by atoms with Gasteiger partial charge in [-0.25, -0.2) is 4.98 Å². The molecule has 0 unspecified atom stereocenters. The van der Waals surface area contributed by atoms with Gasteiger partial charge in [0.2, 0.25) is 0 Å². The van der Waals surface area contributed by atoms with Gasteiger partial charge < -0.3 is 20.7 Å². The summed E-state index contributed by atoms with van der Waals surface area (Å²) in [5.41, 5.74) is 6.26. The smallest absolute Gasteiger partial charge is 0.325 e. The highest BCUT2D eigenvalue weighted by molar-refractivity contribution is 5.75. The van der Waals surface area contributed by atoms with E-state index in [1.807, 2.05) is 20.8 Å². The highest BCUT2D eigenvalue weighted by Crippen LogP contribution is 2.31. The van der Waals surface area contributed by atoms with E-state index in [2.05, 4.69) is 34.0 Å². The maximum absolute atomic E-state index is 11.9. The van der Waals surface area contributed by atoms with Gasteiger partial charge in [-0.3, -0.25) is 9.78 Å². The van der Waals surface area contributed by atoms with Crippen LogP contribution < -0.4 is 16.0 Å². The topological polar surface area (TPSA) is 93.4 Å². The normalized spacial score (nSPS) is 17.3. The van der Waals surface area contributed by atoms with Gasteiger partial charge in [-0.1, -0.05) is 13.8 Å². The summed E-state index contributed by atoms with van der Waals surface area (Å²) >= 11 is 0. The van der Waals surface area contributed by atoms with E-state index in [1.54, 1.807) is 6.20 Å². The summed E-state index contributed by atoms with van der Waals surface area (Å²) in [5.74, 6) is 1.04. The molecular weight excluding hydrogens is 318 g/mol. The van der Waals surface area contributed by atoms with Crippen molar-refractivity contribution in [2.75, 3.05) is 29.9 Å². The van der Waals surface area contributed by atoms with Gasteiger partial charge in [-0.15, -0.1) is 0 Å². The molecule has 0 amide bonds. The van der Waals surface area contributed by atoms with Gasteiger partial charge in [-0.2, -0.15) is 0 Å². The van der Waals surface area contributed by atoms with Crippen molar-refractivity contribution in [3.8, 4) is 0 Å². The molecule has 0 atom stereocenters. The Bertz CT molecular complexity index is 600. The maximum atomic E-state index is 11.9. The van der Waals surface area contributed by atoms with Crippen LogP contribution in [0.5, 0.6) is 0 Å². The molecule has 0 spiro atoms. The van der Waals surface area contributed by atoms with Crippen molar-refractivity contribution < 1.29 is 9.53 Å². The predicted octanol–water partition coefficient (Wildman–Crippen LogP) is 2.32. The summed E-state index contributed by atoms with van der Waals surface area (Å²) < 4.78 is 5.31. The van der Waals surface area contributed by atoms with Gasteiger partial charge in [0.1, 0.15) is 18.0 Å². The number of aromatic nitrogens is 2. The largest absolute Gasteiger partial charge is 0.459 e. The average molecular weight is 349 g/mol. The van der Waals surface area contributed by atoms with Gasteiger partial charge in [0.15, 0.2) is 5.82 Å². The molecule has 2 heterocycles. The minimum atomic E-state index is -0.510. The molecule has 1 fully saturated rings. The van der Waals surface area contributed by atoms with E-state index in [0.717, 1.165) is 31.7 Å². The van der Waals surface area contributed by atoms with E-state index < -0.39 is 5.60 Å². The van der Waals surface area contributed by atoms with Crippen LogP contribution in [-0.4, -0.2) is 41.2 Å². The molecule has 1 aromatic heterocycles. The Labute approximate surface area is 150 Å². The fourth-order valence-electron chi connectivity index (χ4n) is 2.72. The SMILES string of the molecule is CC1(C)CCN(c2cnc(CN)c(NCC(=O)OC(C)(C)C)n2)CC1. The van der Waals surface area contributed by atoms with E-state index in [0.29, 0.717) is 16.9 Å². The standard InChI is InChI=1S/C18H31N5O2/c1-17(2,3)25-15(24)12-21-16-13(10-19)20-11-14(22-16)23-8-6-18(4,5)7-9-23/h11H,6-10,12,19H2,1-5H3,(H,21,22). The van der Waals surface area contributed by atoms with Gasteiger partial charge in [0.05, 0.1) is 11.9 Å². The van der Waals surface area contributed by atoms with Crippen LogP contribution >= 0.6 is 0 Å². The highest BCUT2D eigenvalue weighted by atomic mass is 16.6. The minimum absolute atomic E-state index is 0.0371. The second-order valence-electron chi connectivity index (χ2n) is 8.32. The first-order valence-electron chi connectivity index (χ1n) is 8.86. The van der Waals surface area contributed by atoms with Gasteiger partial charge in [0, 0.05) is 19.6 Å². The van der Waals surface area contributed by atoms with Crippen molar-refractivity contribution in [2.24, 2.45) is 11.1 Å². The number of hydrogen-bond acceptors (Lipinski definition) is 7. The van der Waals surface area contributed by atoms with Crippen molar-refractivity contribution in [1.82, 2.24) is 9.97 Å². The maximum Gasteiger partial charge on any atom is 0.325 e. The zero-order chi connectivity index (χ0) is 18.7.